The molecule has 1 N–H and O–H groups in total. The van der Waals surface area contributed by atoms with E-state index in [-0.39, 0.29) is 6.42 Å². The Bertz CT molecular complexity index is 467. The molecular formula is C17H25NO3. The SMILES string of the molecule is CC1(C)CCCN(CCOc2ccc(CC(=O)O)cc2)C1. The van der Waals surface area contributed by atoms with Crippen LogP contribution in [0.1, 0.15) is 32.3 Å². The van der Waals surface area contributed by atoms with Crippen molar-refractivity contribution < 1.29 is 14.6 Å². The highest BCUT2D eigenvalue weighted by Crippen LogP contribution is 2.28. The van der Waals surface area contributed by atoms with Crippen LogP contribution in [0, 0.1) is 5.41 Å². The van der Waals surface area contributed by atoms with Gasteiger partial charge in [0.15, 0.2) is 0 Å². The monoisotopic (exact) mass is 291 g/mol. The molecule has 1 aliphatic heterocycles. The Morgan fingerprint density at radius 1 is 1.33 bits per heavy atom. The minimum absolute atomic E-state index is 0.0587. The molecule has 4 heteroatoms. The lowest BCUT2D eigenvalue weighted by Gasteiger charge is -2.37. The zero-order valence-electron chi connectivity index (χ0n) is 13.0. The average molecular weight is 291 g/mol. The third-order valence-corrected chi connectivity index (χ3v) is 3.93. The van der Waals surface area contributed by atoms with Gasteiger partial charge in [0.2, 0.25) is 0 Å². The van der Waals surface area contributed by atoms with Gasteiger partial charge in [-0.1, -0.05) is 26.0 Å². The number of benzene rings is 1. The van der Waals surface area contributed by atoms with E-state index in [1.807, 2.05) is 24.3 Å². The number of hydrogen-bond donors (Lipinski definition) is 1. The highest BCUT2D eigenvalue weighted by Gasteiger charge is 2.25. The highest BCUT2D eigenvalue weighted by atomic mass is 16.5. The molecule has 0 saturated carbocycles. The van der Waals surface area contributed by atoms with E-state index in [0.717, 1.165) is 30.9 Å². The van der Waals surface area contributed by atoms with Crippen molar-refractivity contribution in [2.24, 2.45) is 5.41 Å². The molecule has 0 aromatic heterocycles. The minimum Gasteiger partial charge on any atom is -0.492 e. The molecule has 1 aromatic rings. The second-order valence-corrected chi connectivity index (χ2v) is 6.61. The Hall–Kier alpha value is -1.55. The number of aliphatic carboxylic acids is 1. The fourth-order valence-electron chi connectivity index (χ4n) is 2.91. The summed E-state index contributed by atoms with van der Waals surface area (Å²) in [5.41, 5.74) is 1.21. The summed E-state index contributed by atoms with van der Waals surface area (Å²) >= 11 is 0. The standard InChI is InChI=1S/C17H25NO3/c1-17(2)8-3-9-18(13-17)10-11-21-15-6-4-14(5-7-15)12-16(19)20/h4-7H,3,8-13H2,1-2H3,(H,19,20). The number of rotatable bonds is 6. The molecular weight excluding hydrogens is 266 g/mol. The Morgan fingerprint density at radius 3 is 2.67 bits per heavy atom. The Labute approximate surface area is 126 Å². The number of carboxylic acids is 1. The molecule has 0 spiro atoms. The number of hydrogen-bond acceptors (Lipinski definition) is 3. The van der Waals surface area contributed by atoms with E-state index in [0.29, 0.717) is 12.0 Å². The van der Waals surface area contributed by atoms with Gasteiger partial charge in [-0.05, 0) is 42.5 Å². The van der Waals surface area contributed by atoms with Crippen molar-refractivity contribution in [3.63, 3.8) is 0 Å². The van der Waals surface area contributed by atoms with E-state index < -0.39 is 5.97 Å². The van der Waals surface area contributed by atoms with Crippen LogP contribution in [0.4, 0.5) is 0 Å². The van der Waals surface area contributed by atoms with E-state index in [4.69, 9.17) is 9.84 Å². The van der Waals surface area contributed by atoms with Gasteiger partial charge in [0.25, 0.3) is 0 Å². The third-order valence-electron chi connectivity index (χ3n) is 3.93. The quantitative estimate of drug-likeness (QED) is 0.875. The van der Waals surface area contributed by atoms with Crippen LogP contribution in [-0.2, 0) is 11.2 Å². The van der Waals surface area contributed by atoms with Gasteiger partial charge in [-0.25, -0.2) is 0 Å². The third kappa shape index (κ3) is 5.38. The van der Waals surface area contributed by atoms with Crippen LogP contribution in [0.2, 0.25) is 0 Å². The molecule has 21 heavy (non-hydrogen) atoms. The van der Waals surface area contributed by atoms with Crippen molar-refractivity contribution in [2.75, 3.05) is 26.2 Å². The van der Waals surface area contributed by atoms with Gasteiger partial charge in [-0.15, -0.1) is 0 Å². The van der Waals surface area contributed by atoms with Gasteiger partial charge in [0, 0.05) is 13.1 Å². The van der Waals surface area contributed by atoms with Crippen molar-refractivity contribution in [1.29, 1.82) is 0 Å². The second-order valence-electron chi connectivity index (χ2n) is 6.61. The summed E-state index contributed by atoms with van der Waals surface area (Å²) in [5, 5.41) is 8.73. The van der Waals surface area contributed by atoms with Crippen molar-refractivity contribution >= 4 is 5.97 Å². The number of carboxylic acid groups (broad SMARTS) is 1. The van der Waals surface area contributed by atoms with Crippen LogP contribution in [0.25, 0.3) is 0 Å². The number of piperidine rings is 1. The van der Waals surface area contributed by atoms with Crippen molar-refractivity contribution in [2.45, 2.75) is 33.1 Å². The first kappa shape index (κ1) is 15.8. The lowest BCUT2D eigenvalue weighted by Crippen LogP contribution is -2.41. The Kier molecular flexibility index (Phi) is 5.23. The predicted molar refractivity (Wildman–Crippen MR) is 82.7 cm³/mol. The van der Waals surface area contributed by atoms with Gasteiger partial charge in [0.05, 0.1) is 6.42 Å². The van der Waals surface area contributed by atoms with E-state index >= 15 is 0 Å². The zero-order valence-corrected chi connectivity index (χ0v) is 13.0. The Balaban J connectivity index is 1.74. The predicted octanol–water partition coefficient (Wildman–Crippen LogP) is 2.81. The molecule has 0 unspecified atom stereocenters. The van der Waals surface area contributed by atoms with Crippen LogP contribution in [0.15, 0.2) is 24.3 Å². The molecule has 1 aromatic carbocycles. The van der Waals surface area contributed by atoms with Gasteiger partial charge in [-0.3, -0.25) is 9.69 Å². The lowest BCUT2D eigenvalue weighted by atomic mass is 9.84. The Morgan fingerprint density at radius 2 is 2.05 bits per heavy atom. The first-order valence-corrected chi connectivity index (χ1v) is 7.60. The van der Waals surface area contributed by atoms with Crippen molar-refractivity contribution in [3.8, 4) is 5.75 Å². The molecule has 0 atom stereocenters. The molecule has 0 aliphatic carbocycles. The summed E-state index contributed by atoms with van der Waals surface area (Å²) in [4.78, 5) is 13.1. The lowest BCUT2D eigenvalue weighted by molar-refractivity contribution is -0.136. The van der Waals surface area contributed by atoms with E-state index in [9.17, 15) is 4.79 Å². The van der Waals surface area contributed by atoms with Crippen molar-refractivity contribution in [1.82, 2.24) is 4.90 Å². The topological polar surface area (TPSA) is 49.8 Å². The smallest absolute Gasteiger partial charge is 0.307 e. The maximum atomic E-state index is 10.6. The van der Waals surface area contributed by atoms with Gasteiger partial charge in [-0.2, -0.15) is 0 Å². The molecule has 1 fully saturated rings. The largest absolute Gasteiger partial charge is 0.492 e. The maximum absolute atomic E-state index is 10.6. The molecule has 1 heterocycles. The normalized spacial score (nSPS) is 18.4. The summed E-state index contributed by atoms with van der Waals surface area (Å²) in [6.07, 6.45) is 2.62. The van der Waals surface area contributed by atoms with E-state index in [2.05, 4.69) is 18.7 Å². The summed E-state index contributed by atoms with van der Waals surface area (Å²) in [5.74, 6) is -0.00297. The zero-order chi connectivity index (χ0) is 15.3. The minimum atomic E-state index is -0.809. The molecule has 4 nitrogen and oxygen atoms in total. The first-order chi connectivity index (χ1) is 9.94. The van der Waals surface area contributed by atoms with E-state index in [1.54, 1.807) is 0 Å². The molecule has 0 bridgehead atoms. The molecule has 116 valence electrons. The van der Waals surface area contributed by atoms with Crippen LogP contribution in [-0.4, -0.2) is 42.2 Å². The number of nitrogens with zero attached hydrogens (tertiary/aromatic N) is 1. The second kappa shape index (κ2) is 6.94. The van der Waals surface area contributed by atoms with Gasteiger partial charge < -0.3 is 9.84 Å². The fourth-order valence-corrected chi connectivity index (χ4v) is 2.91. The fraction of sp³-hybridized carbons (Fsp3) is 0.588. The summed E-state index contributed by atoms with van der Waals surface area (Å²) in [6.45, 7) is 8.55. The van der Waals surface area contributed by atoms with Crippen molar-refractivity contribution in [3.05, 3.63) is 29.8 Å². The summed E-state index contributed by atoms with van der Waals surface area (Å²) in [6, 6.07) is 7.32. The maximum Gasteiger partial charge on any atom is 0.307 e. The molecule has 2 rings (SSSR count). The van der Waals surface area contributed by atoms with E-state index in [1.165, 1.54) is 12.8 Å². The van der Waals surface area contributed by atoms with Crippen LogP contribution < -0.4 is 4.74 Å². The molecule has 0 amide bonds. The number of likely N-dealkylation sites (tertiary alicyclic amines) is 1. The summed E-state index contributed by atoms with van der Waals surface area (Å²) in [7, 11) is 0. The first-order valence-electron chi connectivity index (χ1n) is 7.60. The van der Waals surface area contributed by atoms with Gasteiger partial charge in [0.1, 0.15) is 12.4 Å². The number of carbonyl (C=O) groups is 1. The van der Waals surface area contributed by atoms with Crippen LogP contribution >= 0.6 is 0 Å². The molecule has 1 aliphatic rings. The van der Waals surface area contributed by atoms with Crippen LogP contribution in [0.3, 0.4) is 0 Å². The van der Waals surface area contributed by atoms with Gasteiger partial charge >= 0.3 is 5.97 Å². The molecule has 1 saturated heterocycles. The molecule has 0 radical (unpaired) electrons. The van der Waals surface area contributed by atoms with Crippen LogP contribution in [0.5, 0.6) is 5.75 Å². The summed E-state index contributed by atoms with van der Waals surface area (Å²) < 4.78 is 5.75. The highest BCUT2D eigenvalue weighted by molar-refractivity contribution is 5.70. The average Bonchev–Trinajstić information content (AvgIpc) is 2.39. The number of ether oxygens (including phenoxy) is 1.